The van der Waals surface area contributed by atoms with E-state index in [4.69, 9.17) is 0 Å². The van der Waals surface area contributed by atoms with Crippen LogP contribution >= 0.6 is 0 Å². The van der Waals surface area contributed by atoms with Gasteiger partial charge in [0.25, 0.3) is 5.91 Å². The Morgan fingerprint density at radius 3 is 2.63 bits per heavy atom. The monoisotopic (exact) mass is 466 g/mol. The van der Waals surface area contributed by atoms with Crippen LogP contribution in [-0.2, 0) is 11.2 Å². The number of aromatic carboxylic acids is 1. The number of H-pyrrole nitrogens is 1. The molecule has 4 rings (SSSR count). The molecule has 0 aliphatic rings. The maximum atomic E-state index is 12.7. The van der Waals surface area contributed by atoms with Gasteiger partial charge >= 0.3 is 5.97 Å². The maximum Gasteiger partial charge on any atom is 0.335 e. The molecule has 1 amide bonds. The van der Waals surface area contributed by atoms with Crippen molar-refractivity contribution >= 4 is 28.9 Å². The number of hydrogen-bond donors (Lipinski definition) is 3. The van der Waals surface area contributed by atoms with Crippen LogP contribution in [0.3, 0.4) is 0 Å². The third kappa shape index (κ3) is 4.73. The normalized spacial score (nSPS) is 11.4. The van der Waals surface area contributed by atoms with Crippen molar-refractivity contribution in [1.29, 1.82) is 5.26 Å². The maximum absolute atomic E-state index is 12.7. The molecular weight excluding hydrogens is 440 g/mol. The zero-order valence-corrected chi connectivity index (χ0v) is 19.8. The lowest BCUT2D eigenvalue weighted by atomic mass is 10.1. The summed E-state index contributed by atoms with van der Waals surface area (Å²) < 4.78 is 2.00. The lowest BCUT2D eigenvalue weighted by Gasteiger charge is -2.13. The number of nitrogens with zero attached hydrogens (tertiary/aromatic N) is 2. The molecule has 0 fully saturated rings. The van der Waals surface area contributed by atoms with Crippen molar-refractivity contribution in [2.24, 2.45) is 0 Å². The van der Waals surface area contributed by atoms with Gasteiger partial charge in [0.15, 0.2) is 0 Å². The van der Waals surface area contributed by atoms with E-state index in [1.54, 1.807) is 24.3 Å². The number of aromatic nitrogens is 2. The van der Waals surface area contributed by atoms with Gasteiger partial charge in [-0.2, -0.15) is 5.26 Å². The number of aryl methyl sites for hydroxylation is 2. The number of rotatable bonds is 7. The number of aromatic amines is 1. The average molecular weight is 467 g/mol. The number of fused-ring (bicyclic) bond motifs is 1. The van der Waals surface area contributed by atoms with E-state index in [1.807, 2.05) is 67.9 Å². The van der Waals surface area contributed by atoms with Gasteiger partial charge in [-0.15, -0.1) is 0 Å². The summed E-state index contributed by atoms with van der Waals surface area (Å²) in [6.45, 7) is 6.11. The van der Waals surface area contributed by atoms with Gasteiger partial charge in [0.05, 0.1) is 5.56 Å². The van der Waals surface area contributed by atoms with Crippen molar-refractivity contribution in [1.82, 2.24) is 14.9 Å². The number of para-hydroxylation sites is 1. The van der Waals surface area contributed by atoms with Gasteiger partial charge in [0, 0.05) is 40.7 Å². The highest BCUT2D eigenvalue weighted by molar-refractivity contribution is 6.01. The highest BCUT2D eigenvalue weighted by Gasteiger charge is 2.16. The summed E-state index contributed by atoms with van der Waals surface area (Å²) in [7, 11) is 0. The van der Waals surface area contributed by atoms with Crippen molar-refractivity contribution in [3.63, 3.8) is 0 Å². The highest BCUT2D eigenvalue weighted by Crippen LogP contribution is 2.26. The third-order valence-corrected chi connectivity index (χ3v) is 6.17. The Balaban J connectivity index is 1.52. The number of benzene rings is 2. The van der Waals surface area contributed by atoms with Crippen LogP contribution in [0, 0.1) is 32.1 Å². The second kappa shape index (κ2) is 9.74. The Hall–Kier alpha value is -4.57. The largest absolute Gasteiger partial charge is 0.478 e. The van der Waals surface area contributed by atoms with Crippen molar-refractivity contribution in [2.45, 2.75) is 27.2 Å². The van der Waals surface area contributed by atoms with Crippen molar-refractivity contribution in [2.75, 3.05) is 6.54 Å². The molecule has 4 aromatic rings. The van der Waals surface area contributed by atoms with Gasteiger partial charge in [-0.1, -0.05) is 18.2 Å². The molecule has 0 bridgehead atoms. The van der Waals surface area contributed by atoms with Crippen LogP contribution in [0.1, 0.15) is 38.4 Å². The Morgan fingerprint density at radius 1 is 1.14 bits per heavy atom. The zero-order chi connectivity index (χ0) is 25.1. The minimum Gasteiger partial charge on any atom is -0.478 e. The smallest absolute Gasteiger partial charge is 0.335 e. The Bertz CT molecular complexity index is 1510. The first-order valence-electron chi connectivity index (χ1n) is 11.3. The quantitative estimate of drug-likeness (QED) is 0.267. The van der Waals surface area contributed by atoms with Crippen LogP contribution in [0.2, 0.25) is 0 Å². The molecule has 2 heterocycles. The molecule has 3 N–H and O–H groups in total. The summed E-state index contributed by atoms with van der Waals surface area (Å²) >= 11 is 0. The minimum atomic E-state index is -0.974. The highest BCUT2D eigenvalue weighted by atomic mass is 16.4. The van der Waals surface area contributed by atoms with E-state index in [9.17, 15) is 20.0 Å². The lowest BCUT2D eigenvalue weighted by molar-refractivity contribution is -0.117. The van der Waals surface area contributed by atoms with Crippen LogP contribution in [0.15, 0.2) is 60.3 Å². The lowest BCUT2D eigenvalue weighted by Crippen LogP contribution is -2.26. The summed E-state index contributed by atoms with van der Waals surface area (Å²) in [4.78, 5) is 27.2. The first kappa shape index (κ1) is 23.6. The SMILES string of the molecule is Cc1cc(C(=O)O)ccc1-n1c(C)cc(/C=C(\C#N)C(=O)NCCc2c[nH]c3ccccc23)c1C. The van der Waals surface area contributed by atoms with Crippen LogP contribution in [0.25, 0.3) is 22.7 Å². The molecule has 0 saturated carbocycles. The predicted molar refractivity (Wildman–Crippen MR) is 136 cm³/mol. The number of carboxylic acid groups (broad SMARTS) is 1. The number of nitrogens with one attached hydrogen (secondary N) is 2. The average Bonchev–Trinajstić information content (AvgIpc) is 3.37. The Morgan fingerprint density at radius 2 is 1.91 bits per heavy atom. The molecular formula is C28H26N4O3. The van der Waals surface area contributed by atoms with Crippen molar-refractivity contribution < 1.29 is 14.7 Å². The molecule has 0 saturated heterocycles. The Labute approximate surface area is 203 Å². The molecule has 2 aromatic heterocycles. The van der Waals surface area contributed by atoms with Gasteiger partial charge in [0.2, 0.25) is 0 Å². The molecule has 0 aliphatic heterocycles. The summed E-state index contributed by atoms with van der Waals surface area (Å²) in [6.07, 6.45) is 4.19. The standard InChI is InChI=1S/C28H26N4O3/c1-17-12-20(28(34)35)8-9-26(17)32-18(2)13-22(19(32)3)14-23(15-29)27(33)30-11-10-21-16-31-25-7-5-4-6-24(21)25/h4-9,12-14,16,31H,10-11H2,1-3H3,(H,30,33)(H,34,35)/b23-14+. The first-order chi connectivity index (χ1) is 16.8. The summed E-state index contributed by atoms with van der Waals surface area (Å²) in [6, 6.07) is 16.9. The number of carbonyl (C=O) groups is 2. The molecule has 2 aromatic carbocycles. The van der Waals surface area contributed by atoms with Crippen molar-refractivity contribution in [3.8, 4) is 11.8 Å². The van der Waals surface area contributed by atoms with Crippen LogP contribution in [-0.4, -0.2) is 33.1 Å². The fourth-order valence-corrected chi connectivity index (χ4v) is 4.39. The molecule has 0 unspecified atom stereocenters. The van der Waals surface area contributed by atoms with E-state index in [-0.39, 0.29) is 11.1 Å². The fourth-order valence-electron chi connectivity index (χ4n) is 4.39. The minimum absolute atomic E-state index is 0.0297. The second-order valence-corrected chi connectivity index (χ2v) is 8.50. The van der Waals surface area contributed by atoms with E-state index in [0.29, 0.717) is 13.0 Å². The molecule has 176 valence electrons. The summed E-state index contributed by atoms with van der Waals surface area (Å²) in [5.41, 5.74) is 6.61. The molecule has 7 heteroatoms. The van der Waals surface area contributed by atoms with Gasteiger partial charge < -0.3 is 20.0 Å². The predicted octanol–water partition coefficient (Wildman–Crippen LogP) is 4.85. The number of nitriles is 1. The van der Waals surface area contributed by atoms with Gasteiger partial charge in [-0.05, 0) is 80.3 Å². The molecule has 0 radical (unpaired) electrons. The van der Waals surface area contributed by atoms with E-state index in [2.05, 4.69) is 10.3 Å². The molecule has 0 spiro atoms. The molecule has 7 nitrogen and oxygen atoms in total. The van der Waals surface area contributed by atoms with Crippen LogP contribution < -0.4 is 5.32 Å². The van der Waals surface area contributed by atoms with E-state index in [0.717, 1.165) is 44.7 Å². The Kier molecular flexibility index (Phi) is 6.56. The van der Waals surface area contributed by atoms with Crippen molar-refractivity contribution in [3.05, 3.63) is 93.9 Å². The van der Waals surface area contributed by atoms with Gasteiger partial charge in [-0.3, -0.25) is 4.79 Å². The summed E-state index contributed by atoms with van der Waals surface area (Å²) in [5.74, 6) is -1.39. The summed E-state index contributed by atoms with van der Waals surface area (Å²) in [5, 5.41) is 22.9. The van der Waals surface area contributed by atoms with Gasteiger partial charge in [0.1, 0.15) is 11.6 Å². The number of hydrogen-bond acceptors (Lipinski definition) is 3. The van der Waals surface area contributed by atoms with Crippen LogP contribution in [0.4, 0.5) is 0 Å². The topological polar surface area (TPSA) is 111 Å². The second-order valence-electron chi connectivity index (χ2n) is 8.50. The number of carbonyl (C=O) groups excluding carboxylic acids is 1. The van der Waals surface area contributed by atoms with Gasteiger partial charge in [-0.25, -0.2) is 4.79 Å². The third-order valence-electron chi connectivity index (χ3n) is 6.17. The van der Waals surface area contributed by atoms with E-state index < -0.39 is 11.9 Å². The molecule has 0 aliphatic carbocycles. The number of amides is 1. The molecule has 35 heavy (non-hydrogen) atoms. The zero-order valence-electron chi connectivity index (χ0n) is 19.8. The number of carboxylic acids is 1. The van der Waals surface area contributed by atoms with E-state index >= 15 is 0 Å². The fraction of sp³-hybridized carbons (Fsp3) is 0.179. The molecule has 0 atom stereocenters. The first-order valence-corrected chi connectivity index (χ1v) is 11.3. The van der Waals surface area contributed by atoms with Crippen LogP contribution in [0.5, 0.6) is 0 Å². The van der Waals surface area contributed by atoms with E-state index in [1.165, 1.54) is 0 Å².